The minimum Gasteiger partial charge on any atom is -0.362 e. The van der Waals surface area contributed by atoms with Gasteiger partial charge in [-0.15, -0.1) is 0 Å². The first-order valence-electron chi connectivity index (χ1n) is 10.1. The lowest BCUT2D eigenvalue weighted by atomic mass is 9.69. The monoisotopic (exact) mass is 402 g/mol. The van der Waals surface area contributed by atoms with Gasteiger partial charge in [0.25, 0.3) is 5.91 Å². The third-order valence-corrected chi connectivity index (χ3v) is 5.62. The molecule has 1 aliphatic heterocycles. The highest BCUT2D eigenvalue weighted by Gasteiger charge is 2.43. The maximum absolute atomic E-state index is 13.4. The highest BCUT2D eigenvalue weighted by Crippen LogP contribution is 2.46. The molecule has 0 saturated carbocycles. The highest BCUT2D eigenvalue weighted by atomic mass is 16.2. The number of nitrogens with zero attached hydrogens (tertiary/aromatic N) is 2. The first kappa shape index (κ1) is 20.0. The molecule has 2 aromatic heterocycles. The number of carbonyl (C=O) groups is 2. The number of hydrogen-bond acceptors (Lipinski definition) is 5. The molecule has 30 heavy (non-hydrogen) atoms. The summed E-state index contributed by atoms with van der Waals surface area (Å²) in [6, 6.07) is 9.28. The number of allylic oxidation sites excluding steroid dienone is 3. The lowest BCUT2D eigenvalue weighted by Gasteiger charge is -2.39. The van der Waals surface area contributed by atoms with Gasteiger partial charge in [0.05, 0.1) is 11.6 Å². The van der Waals surface area contributed by atoms with Crippen molar-refractivity contribution in [3.05, 3.63) is 76.5 Å². The number of hydrogen-bond donors (Lipinski definition) is 2. The molecule has 3 heterocycles. The zero-order valence-corrected chi connectivity index (χ0v) is 17.7. The molecule has 1 aliphatic carbocycles. The van der Waals surface area contributed by atoms with Gasteiger partial charge in [0.15, 0.2) is 5.78 Å². The molecule has 0 spiro atoms. The summed E-state index contributed by atoms with van der Waals surface area (Å²) in [7, 11) is 0. The maximum Gasteiger partial charge on any atom is 0.255 e. The summed E-state index contributed by atoms with van der Waals surface area (Å²) in [5.74, 6) is -0.236. The van der Waals surface area contributed by atoms with Crippen molar-refractivity contribution in [2.75, 3.05) is 5.32 Å². The van der Waals surface area contributed by atoms with Crippen LogP contribution in [0.1, 0.15) is 50.8 Å². The van der Waals surface area contributed by atoms with Crippen LogP contribution < -0.4 is 10.6 Å². The quantitative estimate of drug-likeness (QED) is 0.810. The fourth-order valence-corrected chi connectivity index (χ4v) is 4.37. The largest absolute Gasteiger partial charge is 0.362 e. The van der Waals surface area contributed by atoms with Crippen molar-refractivity contribution in [2.24, 2.45) is 5.41 Å². The average Bonchev–Trinajstić information content (AvgIpc) is 2.66. The first-order valence-corrected chi connectivity index (χ1v) is 10.1. The van der Waals surface area contributed by atoms with Gasteiger partial charge in [0.1, 0.15) is 5.82 Å². The second-order valence-electron chi connectivity index (χ2n) is 8.86. The summed E-state index contributed by atoms with van der Waals surface area (Å²) in [5, 5.41) is 6.26. The molecule has 0 radical (unpaired) electrons. The minimum atomic E-state index is -0.504. The van der Waals surface area contributed by atoms with E-state index in [4.69, 9.17) is 0 Å². The lowest BCUT2D eigenvalue weighted by molar-refractivity contribution is -0.118. The highest BCUT2D eigenvalue weighted by molar-refractivity contribution is 6.09. The Bertz CT molecular complexity index is 1080. The Morgan fingerprint density at radius 1 is 1.13 bits per heavy atom. The second kappa shape index (κ2) is 7.52. The Hall–Kier alpha value is -3.28. The maximum atomic E-state index is 13.4. The van der Waals surface area contributed by atoms with E-state index in [9.17, 15) is 9.59 Å². The SMILES string of the molecule is CC1=C(C(=O)Nc2cc(C)ccn2)[C@H](c2ccccn2)C2=C(CC(C)(C)CC2=O)N1. The number of dihydropyridines is 1. The van der Waals surface area contributed by atoms with Crippen LogP contribution in [0.3, 0.4) is 0 Å². The number of aryl methyl sites for hydroxylation is 1. The van der Waals surface area contributed by atoms with Crippen LogP contribution in [0, 0.1) is 12.3 Å². The molecule has 2 aromatic rings. The molecular formula is C24H26N4O2. The van der Waals surface area contributed by atoms with Gasteiger partial charge in [0.2, 0.25) is 0 Å². The molecule has 1 atom stereocenters. The average molecular weight is 402 g/mol. The minimum absolute atomic E-state index is 0.0656. The zero-order valence-electron chi connectivity index (χ0n) is 17.7. The number of ketones is 1. The van der Waals surface area contributed by atoms with Gasteiger partial charge < -0.3 is 10.6 Å². The van der Waals surface area contributed by atoms with Gasteiger partial charge in [-0.2, -0.15) is 0 Å². The number of amides is 1. The Balaban J connectivity index is 1.79. The summed E-state index contributed by atoms with van der Waals surface area (Å²) in [5.41, 5.74) is 4.37. The van der Waals surface area contributed by atoms with E-state index in [0.29, 0.717) is 29.1 Å². The predicted molar refractivity (Wildman–Crippen MR) is 115 cm³/mol. The van der Waals surface area contributed by atoms with E-state index in [1.54, 1.807) is 12.4 Å². The van der Waals surface area contributed by atoms with E-state index in [-0.39, 0.29) is 17.1 Å². The number of aromatic nitrogens is 2. The molecular weight excluding hydrogens is 376 g/mol. The molecule has 154 valence electrons. The smallest absolute Gasteiger partial charge is 0.255 e. The van der Waals surface area contributed by atoms with Crippen molar-refractivity contribution >= 4 is 17.5 Å². The molecule has 0 bridgehead atoms. The fraction of sp³-hybridized carbons (Fsp3) is 0.333. The van der Waals surface area contributed by atoms with Gasteiger partial charge in [0, 0.05) is 41.4 Å². The number of nitrogens with one attached hydrogen (secondary N) is 2. The molecule has 0 aromatic carbocycles. The standard InChI is InChI=1S/C24H26N4O2/c1-14-8-10-26-19(11-14)28-23(30)20-15(2)27-17-12-24(3,4)13-18(29)21(17)22(20)16-7-5-6-9-25-16/h5-11,22,27H,12-13H2,1-4H3,(H,26,28,30)/t22-/m0/s1. The van der Waals surface area contributed by atoms with Gasteiger partial charge in [-0.3, -0.25) is 14.6 Å². The molecule has 0 saturated heterocycles. The van der Waals surface area contributed by atoms with Crippen LogP contribution >= 0.6 is 0 Å². The van der Waals surface area contributed by atoms with Gasteiger partial charge in [-0.25, -0.2) is 4.98 Å². The van der Waals surface area contributed by atoms with Crippen molar-refractivity contribution in [2.45, 2.75) is 46.5 Å². The Labute approximate surface area is 176 Å². The van der Waals surface area contributed by atoms with E-state index >= 15 is 0 Å². The summed E-state index contributed by atoms with van der Waals surface area (Å²) in [6.45, 7) is 8.01. The molecule has 2 aliphatic rings. The van der Waals surface area contributed by atoms with Crippen LogP contribution in [0.5, 0.6) is 0 Å². The molecule has 1 amide bonds. The zero-order chi connectivity index (χ0) is 21.5. The van der Waals surface area contributed by atoms with Crippen molar-refractivity contribution in [1.82, 2.24) is 15.3 Å². The number of pyridine rings is 2. The Kier molecular flexibility index (Phi) is 5.02. The molecule has 4 rings (SSSR count). The molecule has 2 N–H and O–H groups in total. The first-order chi connectivity index (χ1) is 14.2. The fourth-order valence-electron chi connectivity index (χ4n) is 4.37. The van der Waals surface area contributed by atoms with Crippen molar-refractivity contribution < 1.29 is 9.59 Å². The van der Waals surface area contributed by atoms with Gasteiger partial charge >= 0.3 is 0 Å². The summed E-state index contributed by atoms with van der Waals surface area (Å²) >= 11 is 0. The van der Waals surface area contributed by atoms with E-state index in [1.165, 1.54) is 0 Å². The van der Waals surface area contributed by atoms with Gasteiger partial charge in [-0.1, -0.05) is 19.9 Å². The third-order valence-electron chi connectivity index (χ3n) is 5.62. The number of rotatable bonds is 3. The number of carbonyl (C=O) groups excluding carboxylic acids is 2. The van der Waals surface area contributed by atoms with Crippen molar-refractivity contribution in [3.63, 3.8) is 0 Å². The number of anilines is 1. The van der Waals surface area contributed by atoms with E-state index < -0.39 is 5.92 Å². The van der Waals surface area contributed by atoms with Gasteiger partial charge in [-0.05, 0) is 55.5 Å². The molecule has 0 fully saturated rings. The van der Waals surface area contributed by atoms with E-state index in [0.717, 1.165) is 23.4 Å². The Morgan fingerprint density at radius 3 is 2.63 bits per heavy atom. The van der Waals surface area contributed by atoms with E-state index in [1.807, 2.05) is 44.2 Å². The normalized spacial score (nSPS) is 20.5. The molecule has 0 unspecified atom stereocenters. The van der Waals surface area contributed by atoms with Crippen LogP contribution in [0.15, 0.2) is 65.3 Å². The Morgan fingerprint density at radius 2 is 1.93 bits per heavy atom. The van der Waals surface area contributed by atoms with Crippen LogP contribution in [0.25, 0.3) is 0 Å². The molecule has 6 heteroatoms. The second-order valence-corrected chi connectivity index (χ2v) is 8.86. The summed E-state index contributed by atoms with van der Waals surface area (Å²) < 4.78 is 0. The number of Topliss-reactive ketones (excluding diaryl/α,β-unsaturated/α-hetero) is 1. The summed E-state index contributed by atoms with van der Waals surface area (Å²) in [4.78, 5) is 35.3. The van der Waals surface area contributed by atoms with Crippen LogP contribution in [0.4, 0.5) is 5.82 Å². The van der Waals surface area contributed by atoms with Crippen molar-refractivity contribution in [1.29, 1.82) is 0 Å². The third kappa shape index (κ3) is 3.77. The predicted octanol–water partition coefficient (Wildman–Crippen LogP) is 4.03. The topological polar surface area (TPSA) is 84.0 Å². The lowest BCUT2D eigenvalue weighted by Crippen LogP contribution is -2.39. The van der Waals surface area contributed by atoms with E-state index in [2.05, 4.69) is 34.4 Å². The van der Waals surface area contributed by atoms with Crippen LogP contribution in [0.2, 0.25) is 0 Å². The van der Waals surface area contributed by atoms with Crippen LogP contribution in [-0.4, -0.2) is 21.7 Å². The van der Waals surface area contributed by atoms with Crippen LogP contribution in [-0.2, 0) is 9.59 Å². The summed E-state index contributed by atoms with van der Waals surface area (Å²) in [6.07, 6.45) is 4.56. The molecule has 6 nitrogen and oxygen atoms in total. The van der Waals surface area contributed by atoms with Crippen molar-refractivity contribution in [3.8, 4) is 0 Å².